The molecule has 208 valence electrons. The fourth-order valence-corrected chi connectivity index (χ4v) is 4.95. The van der Waals surface area contributed by atoms with Crippen LogP contribution in [0, 0.1) is 10.1 Å². The predicted octanol–water partition coefficient (Wildman–Crippen LogP) is 5.03. The maximum Gasteiger partial charge on any atom is 0.573 e. The van der Waals surface area contributed by atoms with Crippen molar-refractivity contribution >= 4 is 17.2 Å². The molecule has 0 N–H and O–H groups in total. The zero-order valence-electron chi connectivity index (χ0n) is 21.4. The highest BCUT2D eigenvalue weighted by molar-refractivity contribution is 5.52. The maximum absolute atomic E-state index is 12.4. The molecule has 10 nitrogen and oxygen atoms in total. The van der Waals surface area contributed by atoms with Crippen molar-refractivity contribution in [2.75, 3.05) is 36.5 Å². The Morgan fingerprint density at radius 3 is 2.36 bits per heavy atom. The molecule has 2 aromatic carbocycles. The summed E-state index contributed by atoms with van der Waals surface area (Å²) in [5.74, 6) is 0.212. The first-order valence-corrected chi connectivity index (χ1v) is 12.5. The minimum absolute atomic E-state index is 0.211. The number of ether oxygens (including phenoxy) is 3. The molecule has 0 amide bonds. The van der Waals surface area contributed by atoms with Gasteiger partial charge in [-0.3, -0.25) is 4.57 Å². The smallest absolute Gasteiger partial charge is 0.489 e. The van der Waals surface area contributed by atoms with Crippen molar-refractivity contribution in [3.63, 3.8) is 0 Å². The van der Waals surface area contributed by atoms with Crippen molar-refractivity contribution < 1.29 is 32.3 Å². The zero-order chi connectivity index (χ0) is 27.8. The molecule has 13 heteroatoms. The highest BCUT2D eigenvalue weighted by Gasteiger charge is 2.41. The van der Waals surface area contributed by atoms with E-state index in [9.17, 15) is 23.3 Å². The van der Waals surface area contributed by atoms with Crippen LogP contribution in [0.5, 0.6) is 17.5 Å². The number of piperidine rings is 1. The van der Waals surface area contributed by atoms with Gasteiger partial charge in [0.15, 0.2) is 5.60 Å². The van der Waals surface area contributed by atoms with Crippen LogP contribution in [-0.2, 0) is 6.54 Å². The molecule has 1 fully saturated rings. The highest BCUT2D eigenvalue weighted by atomic mass is 19.4. The molecule has 1 atom stereocenters. The molecular weight excluding hydrogens is 519 g/mol. The van der Waals surface area contributed by atoms with Crippen molar-refractivity contribution in [2.45, 2.75) is 44.3 Å². The molecule has 0 saturated carbocycles. The summed E-state index contributed by atoms with van der Waals surface area (Å²) in [6.45, 7) is 4.09. The predicted molar refractivity (Wildman–Crippen MR) is 137 cm³/mol. The number of alkyl halides is 3. The molecule has 2 aliphatic rings. The number of hydrogen-bond donors (Lipinski definition) is 0. The van der Waals surface area contributed by atoms with E-state index in [0.29, 0.717) is 18.3 Å². The molecule has 3 aromatic rings. The Bertz CT molecular complexity index is 1280. The Hall–Kier alpha value is -4.16. The number of halogens is 3. The lowest BCUT2D eigenvalue weighted by Crippen LogP contribution is -2.43. The molecule has 3 heterocycles. The van der Waals surface area contributed by atoms with Gasteiger partial charge in [0.1, 0.15) is 24.3 Å². The Morgan fingerprint density at radius 1 is 1.13 bits per heavy atom. The van der Waals surface area contributed by atoms with Gasteiger partial charge >= 0.3 is 18.2 Å². The third kappa shape index (κ3) is 6.13. The second-order valence-corrected chi connectivity index (χ2v) is 9.97. The van der Waals surface area contributed by atoms with Crippen LogP contribution in [0.15, 0.2) is 54.7 Å². The number of aromatic nitrogens is 2. The van der Waals surface area contributed by atoms with Gasteiger partial charge in [-0.1, -0.05) is 0 Å². The van der Waals surface area contributed by atoms with Gasteiger partial charge in [0.25, 0.3) is 0 Å². The van der Waals surface area contributed by atoms with Crippen LogP contribution in [0.4, 0.5) is 30.4 Å². The lowest BCUT2D eigenvalue weighted by molar-refractivity contribution is -0.389. The van der Waals surface area contributed by atoms with Crippen molar-refractivity contribution in [2.24, 2.45) is 0 Å². The Kier molecular flexibility index (Phi) is 6.91. The largest absolute Gasteiger partial charge is 0.573 e. The summed E-state index contributed by atoms with van der Waals surface area (Å²) in [6.07, 6.45) is -1.54. The monoisotopic (exact) mass is 547 g/mol. The average molecular weight is 548 g/mol. The summed E-state index contributed by atoms with van der Waals surface area (Å²) in [5.41, 5.74) is 1.23. The number of imidazole rings is 1. The molecule has 0 bridgehead atoms. The molecule has 5 rings (SSSR count). The minimum atomic E-state index is -4.70. The second kappa shape index (κ2) is 10.2. The molecule has 0 radical (unpaired) electrons. The molecule has 2 aliphatic heterocycles. The fraction of sp³-hybridized carbons (Fsp3) is 0.423. The first-order valence-electron chi connectivity index (χ1n) is 12.5. The van der Waals surface area contributed by atoms with E-state index in [-0.39, 0.29) is 24.2 Å². The number of fused-ring (bicyclic) bond motifs is 1. The molecule has 1 unspecified atom stereocenters. The van der Waals surface area contributed by atoms with Crippen LogP contribution in [0.2, 0.25) is 0 Å². The minimum Gasteiger partial charge on any atom is -0.489 e. The number of nitro groups is 1. The van der Waals surface area contributed by atoms with Crippen LogP contribution in [0.1, 0.15) is 19.8 Å². The van der Waals surface area contributed by atoms with E-state index in [1.165, 1.54) is 18.3 Å². The lowest BCUT2D eigenvalue weighted by atomic mass is 10.0. The van der Waals surface area contributed by atoms with Crippen LogP contribution in [0.25, 0.3) is 0 Å². The Balaban J connectivity index is 1.10. The lowest BCUT2D eigenvalue weighted by Gasteiger charge is -2.39. The fourth-order valence-electron chi connectivity index (χ4n) is 4.95. The van der Waals surface area contributed by atoms with Gasteiger partial charge in [-0.05, 0) is 73.2 Å². The van der Waals surface area contributed by atoms with Crippen LogP contribution >= 0.6 is 0 Å². The summed E-state index contributed by atoms with van der Waals surface area (Å²) < 4.78 is 54.5. The van der Waals surface area contributed by atoms with E-state index in [1.807, 2.05) is 38.2 Å². The van der Waals surface area contributed by atoms with E-state index < -0.39 is 16.9 Å². The van der Waals surface area contributed by atoms with E-state index in [4.69, 9.17) is 9.47 Å². The normalized spacial score (nSPS) is 19.4. The summed E-state index contributed by atoms with van der Waals surface area (Å²) in [5, 5.41) is 10.9. The summed E-state index contributed by atoms with van der Waals surface area (Å²) in [6, 6.07) is 14.3. The summed E-state index contributed by atoms with van der Waals surface area (Å²) in [4.78, 5) is 18.6. The molecule has 0 aliphatic carbocycles. The first kappa shape index (κ1) is 26.4. The average Bonchev–Trinajstić information content (AvgIpc) is 3.43. The molecule has 0 spiro atoms. The van der Waals surface area contributed by atoms with Crippen molar-refractivity contribution in [1.29, 1.82) is 0 Å². The Labute approximate surface area is 222 Å². The van der Waals surface area contributed by atoms with Gasteiger partial charge in [0, 0.05) is 42.5 Å². The number of rotatable bonds is 8. The highest BCUT2D eigenvalue weighted by Crippen LogP contribution is 2.32. The van der Waals surface area contributed by atoms with Gasteiger partial charge in [-0.25, -0.2) is 0 Å². The van der Waals surface area contributed by atoms with Crippen LogP contribution in [0.3, 0.4) is 0 Å². The van der Waals surface area contributed by atoms with Gasteiger partial charge in [-0.2, -0.15) is 0 Å². The number of benzene rings is 2. The maximum atomic E-state index is 12.4. The van der Waals surface area contributed by atoms with E-state index in [0.717, 1.165) is 37.3 Å². The van der Waals surface area contributed by atoms with Gasteiger partial charge in [-0.15, -0.1) is 13.2 Å². The van der Waals surface area contributed by atoms with Gasteiger partial charge in [0.2, 0.25) is 0 Å². The van der Waals surface area contributed by atoms with E-state index in [1.54, 1.807) is 16.7 Å². The third-order valence-corrected chi connectivity index (χ3v) is 6.99. The zero-order valence-corrected chi connectivity index (χ0v) is 21.4. The third-order valence-electron chi connectivity index (χ3n) is 6.99. The van der Waals surface area contributed by atoms with Crippen LogP contribution in [-0.4, -0.2) is 59.2 Å². The standard InChI is InChI=1S/C26H28F3N5O5/c1-25(16-33-15-23(34(35)36)30-24(33)39-25)17-37-21-7-3-18(4-8-21)31(2)19-11-13-32(14-12-19)20-5-9-22(10-6-20)38-26(27,28)29/h3-10,15,19H,11-14,16-17H2,1-2H3. The topological polar surface area (TPSA) is 95.1 Å². The number of anilines is 2. The van der Waals surface area contributed by atoms with Crippen molar-refractivity contribution in [1.82, 2.24) is 9.55 Å². The number of hydrogen-bond acceptors (Lipinski definition) is 8. The Morgan fingerprint density at radius 2 is 1.77 bits per heavy atom. The molecule has 39 heavy (non-hydrogen) atoms. The van der Waals surface area contributed by atoms with Crippen LogP contribution < -0.4 is 24.0 Å². The second-order valence-electron chi connectivity index (χ2n) is 9.97. The number of nitrogens with zero attached hydrogens (tertiary/aromatic N) is 5. The molecular formula is C26H28F3N5O5. The van der Waals surface area contributed by atoms with Crippen molar-refractivity contribution in [3.05, 3.63) is 64.8 Å². The summed E-state index contributed by atoms with van der Waals surface area (Å²) >= 11 is 0. The molecule has 1 saturated heterocycles. The SMILES string of the molecule is CN(c1ccc(OCC2(C)Cn3cc([N+](=O)[O-])nc3O2)cc1)C1CCN(c2ccc(OC(F)(F)F)cc2)CC1. The van der Waals surface area contributed by atoms with Gasteiger partial charge < -0.3 is 34.1 Å². The van der Waals surface area contributed by atoms with E-state index >= 15 is 0 Å². The molecule has 1 aromatic heterocycles. The van der Waals surface area contributed by atoms with E-state index in [2.05, 4.69) is 19.5 Å². The summed E-state index contributed by atoms with van der Waals surface area (Å²) in [7, 11) is 2.05. The first-order chi connectivity index (χ1) is 18.5. The quantitative estimate of drug-likeness (QED) is 0.287. The van der Waals surface area contributed by atoms with Crippen molar-refractivity contribution in [3.8, 4) is 17.5 Å². The van der Waals surface area contributed by atoms with Gasteiger partial charge in [0.05, 0.1) is 6.54 Å².